The molecule has 0 aliphatic carbocycles. The van der Waals surface area contributed by atoms with Crippen LogP contribution >= 0.6 is 0 Å². The Labute approximate surface area is 153 Å². The van der Waals surface area contributed by atoms with Crippen LogP contribution in [0.4, 0.5) is 0 Å². The first-order chi connectivity index (χ1) is 11.1. The Morgan fingerprint density at radius 1 is 0.870 bits per heavy atom. The van der Waals surface area contributed by atoms with Crippen molar-refractivity contribution in [2.75, 3.05) is 13.2 Å². The predicted octanol–water partition coefficient (Wildman–Crippen LogP) is 5.53. The summed E-state index contributed by atoms with van der Waals surface area (Å²) in [5.74, 6) is 1.49. The molecular weight excluding hydrogens is 485 g/mol. The Hall–Kier alpha value is 0.473. The van der Waals surface area contributed by atoms with Crippen molar-refractivity contribution < 1.29 is 10.4 Å². The van der Waals surface area contributed by atoms with Crippen LogP contribution in [-0.2, 0) is 10.4 Å². The summed E-state index contributed by atoms with van der Waals surface area (Å²) < 4.78 is 12.9. The quantitative estimate of drug-likeness (QED) is 0.249. The van der Waals surface area contributed by atoms with Crippen LogP contribution in [0.25, 0.3) is 0 Å². The standard InChI is InChI=1S/2C8H17O.C3H5O.Bi/c2*1-3-5-6-8(4-2)7-9;1-3(2)4;/h2*8H,3-7H2,1-2H3;1H2,2H3;/q2*-1;;+2. The molecular formula is C19H39BiO3. The second-order valence-corrected chi connectivity index (χ2v) is 12.4. The number of carbonyl (C=O) groups excluding carboxylic acids is 1. The molecule has 0 spiro atoms. The number of Topliss-reactive ketones (excluding diaryl/α,β-unsaturated/α-hetero) is 1. The van der Waals surface area contributed by atoms with Crippen LogP contribution in [0.2, 0.25) is 4.13 Å². The first kappa shape index (κ1) is 23.5. The Morgan fingerprint density at radius 3 is 1.61 bits per heavy atom. The second kappa shape index (κ2) is 16.0. The molecule has 0 bridgehead atoms. The van der Waals surface area contributed by atoms with Gasteiger partial charge in [0.1, 0.15) is 0 Å². The van der Waals surface area contributed by atoms with Gasteiger partial charge in [-0.2, -0.15) is 0 Å². The van der Waals surface area contributed by atoms with Gasteiger partial charge in [-0.25, -0.2) is 0 Å². The fraction of sp³-hybridized carbons (Fsp3) is 0.947. The van der Waals surface area contributed by atoms with E-state index in [1.165, 1.54) is 38.5 Å². The normalized spacial score (nSPS) is 14.2. The summed E-state index contributed by atoms with van der Waals surface area (Å²) in [6.07, 6.45) is 9.80. The number of hydrogen-bond donors (Lipinski definition) is 0. The molecule has 0 saturated heterocycles. The average Bonchev–Trinajstić information content (AvgIpc) is 2.54. The summed E-state index contributed by atoms with van der Waals surface area (Å²) in [6.45, 7) is 12.2. The minimum absolute atomic E-state index is 0.228. The third-order valence-electron chi connectivity index (χ3n) is 4.35. The van der Waals surface area contributed by atoms with Crippen molar-refractivity contribution in [3.8, 4) is 0 Å². The van der Waals surface area contributed by atoms with Gasteiger partial charge in [0.05, 0.1) is 0 Å². The van der Waals surface area contributed by atoms with Crippen LogP contribution < -0.4 is 0 Å². The summed E-state index contributed by atoms with van der Waals surface area (Å²) in [7, 11) is 0. The molecule has 0 aliphatic rings. The monoisotopic (exact) mass is 524 g/mol. The fourth-order valence-electron chi connectivity index (χ4n) is 2.48. The van der Waals surface area contributed by atoms with Crippen LogP contribution in [0.5, 0.6) is 0 Å². The topological polar surface area (TPSA) is 35.5 Å². The summed E-state index contributed by atoms with van der Waals surface area (Å²) >= 11 is -2.54. The van der Waals surface area contributed by atoms with E-state index in [1.807, 2.05) is 0 Å². The van der Waals surface area contributed by atoms with E-state index in [-0.39, 0.29) is 5.78 Å². The van der Waals surface area contributed by atoms with Gasteiger partial charge >= 0.3 is 154 Å². The van der Waals surface area contributed by atoms with Crippen molar-refractivity contribution in [3.63, 3.8) is 0 Å². The molecule has 4 heteroatoms. The van der Waals surface area contributed by atoms with Gasteiger partial charge < -0.3 is 0 Å². The van der Waals surface area contributed by atoms with E-state index in [0.29, 0.717) is 16.0 Å². The van der Waals surface area contributed by atoms with E-state index < -0.39 is 22.6 Å². The first-order valence-corrected chi connectivity index (χ1v) is 14.9. The average molecular weight is 524 g/mol. The van der Waals surface area contributed by atoms with Crippen molar-refractivity contribution in [2.24, 2.45) is 11.8 Å². The molecule has 0 saturated carbocycles. The van der Waals surface area contributed by atoms with Gasteiger partial charge in [-0.1, -0.05) is 0 Å². The molecule has 0 aromatic heterocycles. The molecule has 3 nitrogen and oxygen atoms in total. The zero-order chi connectivity index (χ0) is 17.5. The molecule has 0 aromatic carbocycles. The Balaban J connectivity index is 4.30. The summed E-state index contributed by atoms with van der Waals surface area (Å²) in [5.41, 5.74) is 0. The van der Waals surface area contributed by atoms with Crippen molar-refractivity contribution in [2.45, 2.75) is 90.1 Å². The Morgan fingerprint density at radius 2 is 1.30 bits per heavy atom. The first-order valence-electron chi connectivity index (χ1n) is 9.59. The maximum absolute atomic E-state index is 11.5. The van der Waals surface area contributed by atoms with Gasteiger partial charge in [-0.15, -0.1) is 0 Å². The van der Waals surface area contributed by atoms with Crippen LogP contribution in [-0.4, -0.2) is 41.6 Å². The summed E-state index contributed by atoms with van der Waals surface area (Å²) in [6, 6.07) is 0. The van der Waals surface area contributed by atoms with Gasteiger partial charge in [-0.05, 0) is 0 Å². The fourth-order valence-corrected chi connectivity index (χ4v) is 7.83. The van der Waals surface area contributed by atoms with Gasteiger partial charge in [0.25, 0.3) is 0 Å². The summed E-state index contributed by atoms with van der Waals surface area (Å²) in [5, 5.41) is 0. The third kappa shape index (κ3) is 13.4. The minimum atomic E-state index is -2.54. The number of ketones is 1. The molecule has 23 heavy (non-hydrogen) atoms. The van der Waals surface area contributed by atoms with E-state index >= 15 is 0 Å². The van der Waals surface area contributed by atoms with E-state index in [4.69, 9.17) is 5.63 Å². The molecule has 0 N–H and O–H groups in total. The van der Waals surface area contributed by atoms with Crippen molar-refractivity contribution >= 4 is 28.4 Å². The predicted molar refractivity (Wildman–Crippen MR) is 99.8 cm³/mol. The maximum atomic E-state index is 11.5. The summed E-state index contributed by atoms with van der Waals surface area (Å²) in [4.78, 5) is 11.5. The zero-order valence-electron chi connectivity index (χ0n) is 16.1. The number of carbonyl (C=O) groups is 1. The van der Waals surface area contributed by atoms with Crippen LogP contribution in [0.3, 0.4) is 0 Å². The van der Waals surface area contributed by atoms with E-state index in [2.05, 4.69) is 27.7 Å². The SMILES string of the molecule is CCCCC(CC)C[O][Bi]([CH2]C(C)=O)[O]CC(CC)CCCC. The number of unbranched alkanes of at least 4 members (excludes halogenated alkanes) is 2. The molecule has 2 atom stereocenters. The van der Waals surface area contributed by atoms with Crippen molar-refractivity contribution in [1.29, 1.82) is 0 Å². The molecule has 0 aromatic rings. The Kier molecular flexibility index (Phi) is 16.3. The van der Waals surface area contributed by atoms with Crippen LogP contribution in [0, 0.1) is 11.8 Å². The van der Waals surface area contributed by atoms with Crippen molar-refractivity contribution in [1.82, 2.24) is 0 Å². The van der Waals surface area contributed by atoms with E-state index in [9.17, 15) is 4.79 Å². The zero-order valence-corrected chi connectivity index (χ0v) is 19.6. The van der Waals surface area contributed by atoms with Crippen molar-refractivity contribution in [3.05, 3.63) is 0 Å². The molecule has 138 valence electrons. The molecule has 0 rings (SSSR count). The molecule has 0 radical (unpaired) electrons. The van der Waals surface area contributed by atoms with Crippen LogP contribution in [0.15, 0.2) is 0 Å². The molecule has 0 heterocycles. The third-order valence-corrected chi connectivity index (χ3v) is 10.5. The molecule has 0 fully saturated rings. The van der Waals surface area contributed by atoms with E-state index in [0.717, 1.165) is 26.1 Å². The molecule has 2 unspecified atom stereocenters. The second-order valence-electron chi connectivity index (χ2n) is 6.62. The Bertz CT molecular complexity index is 264. The van der Waals surface area contributed by atoms with Gasteiger partial charge in [-0.3, -0.25) is 0 Å². The van der Waals surface area contributed by atoms with Gasteiger partial charge in [0.15, 0.2) is 0 Å². The number of hydrogen-bond acceptors (Lipinski definition) is 3. The molecule has 0 amide bonds. The molecule has 0 aliphatic heterocycles. The van der Waals surface area contributed by atoms with E-state index in [1.54, 1.807) is 6.92 Å². The number of rotatable bonds is 16. The van der Waals surface area contributed by atoms with Crippen LogP contribution in [0.1, 0.15) is 86.0 Å². The van der Waals surface area contributed by atoms with Gasteiger partial charge in [0.2, 0.25) is 0 Å². The van der Waals surface area contributed by atoms with Gasteiger partial charge in [0, 0.05) is 0 Å².